The quantitative estimate of drug-likeness (QED) is 0.265. The highest BCUT2D eigenvalue weighted by Crippen LogP contribution is 2.56. The van der Waals surface area contributed by atoms with E-state index in [1.807, 2.05) is 48.4 Å². The number of allylic oxidation sites excluding steroid dienone is 2. The number of likely N-dealkylation sites (N-methyl/N-ethyl adjacent to an activating group) is 1. The van der Waals surface area contributed by atoms with Crippen LogP contribution in [0.2, 0.25) is 0 Å². The van der Waals surface area contributed by atoms with Crippen LogP contribution >= 0.6 is 11.3 Å². The van der Waals surface area contributed by atoms with Gasteiger partial charge < -0.3 is 19.8 Å². The van der Waals surface area contributed by atoms with Crippen molar-refractivity contribution in [3.63, 3.8) is 0 Å². The molecule has 0 amide bonds. The third-order valence-corrected chi connectivity index (χ3v) is 7.92. The molecule has 0 saturated carbocycles. The van der Waals surface area contributed by atoms with Crippen LogP contribution < -0.4 is 4.90 Å². The minimum atomic E-state index is -5.11. The molecule has 0 aliphatic carbocycles. The number of nitriles is 3. The number of nitrogens with zero attached hydrogens (tertiary/aromatic N) is 4. The summed E-state index contributed by atoms with van der Waals surface area (Å²) in [4.78, 5) is 3.33. The van der Waals surface area contributed by atoms with E-state index in [0.29, 0.717) is 17.0 Å². The maximum absolute atomic E-state index is 15.0. The number of benzene rings is 2. The smallest absolute Gasteiger partial charge is 0.437 e. The molecule has 4 rings (SSSR count). The first kappa shape index (κ1) is 31.8. The predicted molar refractivity (Wildman–Crippen MR) is 161 cm³/mol. The van der Waals surface area contributed by atoms with Crippen molar-refractivity contribution in [3.05, 3.63) is 116 Å². The molecule has 11 heteroatoms. The Morgan fingerprint density at radius 3 is 2.05 bits per heavy atom. The van der Waals surface area contributed by atoms with E-state index < -0.39 is 40.9 Å². The Bertz CT molecular complexity index is 1750. The summed E-state index contributed by atoms with van der Waals surface area (Å²) in [6, 6.07) is 20.9. The van der Waals surface area contributed by atoms with Gasteiger partial charge in [-0.3, -0.25) is 0 Å². The van der Waals surface area contributed by atoms with Crippen LogP contribution in [0.3, 0.4) is 0 Å². The minimum Gasteiger partial charge on any atom is -0.465 e. The van der Waals surface area contributed by atoms with E-state index in [-0.39, 0.29) is 12.2 Å². The molecule has 2 heterocycles. The lowest BCUT2D eigenvalue weighted by Crippen LogP contribution is -2.43. The SMILES string of the molecule is CN(CCO)c1ccc(/C=C/c2ccc(/C=C/C3=C(C#N)C(=C(C#N)C#N)OC3(c3ccc(CO)cc3)C(F)(F)F)s2)cc1. The first-order valence-electron chi connectivity index (χ1n) is 13.2. The maximum atomic E-state index is 15.0. The summed E-state index contributed by atoms with van der Waals surface area (Å²) in [5, 5.41) is 47.3. The molecule has 222 valence electrons. The molecule has 3 aromatic rings. The van der Waals surface area contributed by atoms with Gasteiger partial charge in [-0.1, -0.05) is 48.6 Å². The summed E-state index contributed by atoms with van der Waals surface area (Å²) < 4.78 is 50.5. The van der Waals surface area contributed by atoms with Gasteiger partial charge in [0.25, 0.3) is 5.60 Å². The molecule has 0 spiro atoms. The molecular formula is C33H25F3N4O3S. The second kappa shape index (κ2) is 13.5. The Kier molecular flexibility index (Phi) is 9.73. The fourth-order valence-electron chi connectivity index (χ4n) is 4.62. The Hall–Kier alpha value is -5.12. The van der Waals surface area contributed by atoms with Crippen LogP contribution in [0.25, 0.3) is 18.2 Å². The van der Waals surface area contributed by atoms with E-state index in [2.05, 4.69) is 0 Å². The van der Waals surface area contributed by atoms with Gasteiger partial charge in [0.15, 0.2) is 11.3 Å². The zero-order chi connectivity index (χ0) is 31.9. The molecular weight excluding hydrogens is 589 g/mol. The first-order chi connectivity index (χ1) is 21.1. The standard InChI is InChI=1S/C33H25F3N4O3S/c1-40(16-17-41)26-9-4-22(5-10-26)6-11-27-12-13-28(44-27)14-15-30-29(20-39)31(24(18-37)19-38)43-32(30,33(34,35)36)25-7-2-23(21-42)3-8-25/h2-15,41-42H,16-17,21H2,1H3/b11-6+,15-14+. The van der Waals surface area contributed by atoms with Crippen molar-refractivity contribution in [2.24, 2.45) is 0 Å². The van der Waals surface area contributed by atoms with Crippen molar-refractivity contribution >= 4 is 35.3 Å². The molecule has 1 atom stereocenters. The van der Waals surface area contributed by atoms with Crippen LogP contribution in [0.4, 0.5) is 18.9 Å². The van der Waals surface area contributed by atoms with Crippen molar-refractivity contribution in [1.82, 2.24) is 0 Å². The summed E-state index contributed by atoms with van der Waals surface area (Å²) in [6.07, 6.45) is 1.20. The number of alkyl halides is 3. The van der Waals surface area contributed by atoms with E-state index in [9.17, 15) is 20.9 Å². The van der Waals surface area contributed by atoms with Gasteiger partial charge >= 0.3 is 6.18 Å². The van der Waals surface area contributed by atoms with E-state index in [1.165, 1.54) is 41.7 Å². The molecule has 1 aromatic heterocycles. The highest BCUT2D eigenvalue weighted by Gasteiger charge is 2.65. The molecule has 0 bridgehead atoms. The fourth-order valence-corrected chi connectivity index (χ4v) is 5.43. The van der Waals surface area contributed by atoms with E-state index >= 15 is 13.2 Å². The van der Waals surface area contributed by atoms with Crippen molar-refractivity contribution in [1.29, 1.82) is 15.8 Å². The number of ether oxygens (including phenoxy) is 1. The molecule has 0 saturated heterocycles. The van der Waals surface area contributed by atoms with Gasteiger partial charge in [-0.2, -0.15) is 29.0 Å². The number of aliphatic hydroxyl groups excluding tert-OH is 2. The summed E-state index contributed by atoms with van der Waals surface area (Å²) in [7, 11) is 1.88. The Morgan fingerprint density at radius 2 is 1.52 bits per heavy atom. The van der Waals surface area contributed by atoms with E-state index in [1.54, 1.807) is 18.2 Å². The molecule has 0 fully saturated rings. The van der Waals surface area contributed by atoms with Gasteiger partial charge in [0.1, 0.15) is 23.8 Å². The van der Waals surface area contributed by atoms with Crippen LogP contribution in [0.1, 0.15) is 26.4 Å². The zero-order valence-electron chi connectivity index (χ0n) is 23.3. The monoisotopic (exact) mass is 614 g/mol. The van der Waals surface area contributed by atoms with Crippen LogP contribution in [-0.2, 0) is 16.9 Å². The fraction of sp³-hybridized carbons (Fsp3) is 0.182. The predicted octanol–water partition coefficient (Wildman–Crippen LogP) is 6.46. The van der Waals surface area contributed by atoms with Gasteiger partial charge in [0, 0.05) is 40.2 Å². The second-order valence-corrected chi connectivity index (χ2v) is 10.8. The Labute approximate surface area is 256 Å². The molecule has 44 heavy (non-hydrogen) atoms. The topological polar surface area (TPSA) is 124 Å². The summed E-state index contributed by atoms with van der Waals surface area (Å²) in [5.74, 6) is -0.746. The highest BCUT2D eigenvalue weighted by atomic mass is 32.1. The van der Waals surface area contributed by atoms with Crippen molar-refractivity contribution in [2.45, 2.75) is 18.4 Å². The minimum absolute atomic E-state index is 0.0446. The third kappa shape index (κ3) is 6.29. The zero-order valence-corrected chi connectivity index (χ0v) is 24.2. The van der Waals surface area contributed by atoms with Crippen molar-refractivity contribution in [2.75, 3.05) is 25.1 Å². The Balaban J connectivity index is 1.73. The van der Waals surface area contributed by atoms with E-state index in [4.69, 9.17) is 9.84 Å². The number of hydrogen-bond acceptors (Lipinski definition) is 8. The number of anilines is 1. The number of rotatable bonds is 9. The van der Waals surface area contributed by atoms with Gasteiger partial charge in [-0.05, 0) is 47.5 Å². The highest BCUT2D eigenvalue weighted by molar-refractivity contribution is 7.13. The molecule has 1 aliphatic heterocycles. The number of thiophene rings is 1. The maximum Gasteiger partial charge on any atom is 0.437 e. The molecule has 0 radical (unpaired) electrons. The molecule has 1 unspecified atom stereocenters. The van der Waals surface area contributed by atoms with Gasteiger partial charge in [0.05, 0.1) is 13.2 Å². The van der Waals surface area contributed by atoms with Gasteiger partial charge in [-0.15, -0.1) is 11.3 Å². The van der Waals surface area contributed by atoms with Crippen LogP contribution in [-0.4, -0.2) is 36.6 Å². The lowest BCUT2D eigenvalue weighted by atomic mass is 9.83. The van der Waals surface area contributed by atoms with Gasteiger partial charge in [0.2, 0.25) is 0 Å². The summed E-state index contributed by atoms with van der Waals surface area (Å²) in [6.45, 7) is 0.158. The van der Waals surface area contributed by atoms with Crippen LogP contribution in [0.15, 0.2) is 89.2 Å². The summed E-state index contributed by atoms with van der Waals surface area (Å²) >= 11 is 1.30. The van der Waals surface area contributed by atoms with Crippen molar-refractivity contribution in [3.8, 4) is 18.2 Å². The lowest BCUT2D eigenvalue weighted by molar-refractivity contribution is -0.249. The largest absolute Gasteiger partial charge is 0.465 e. The third-order valence-electron chi connectivity index (χ3n) is 6.91. The van der Waals surface area contributed by atoms with Crippen LogP contribution in [0, 0.1) is 34.0 Å². The number of aliphatic hydroxyl groups is 2. The van der Waals surface area contributed by atoms with Crippen LogP contribution in [0.5, 0.6) is 0 Å². The van der Waals surface area contributed by atoms with Crippen molar-refractivity contribution < 1.29 is 28.1 Å². The average molecular weight is 615 g/mol. The average Bonchev–Trinajstić information content (AvgIpc) is 3.62. The molecule has 2 aromatic carbocycles. The second-order valence-electron chi connectivity index (χ2n) is 9.61. The molecule has 2 N–H and O–H groups in total. The number of halogens is 3. The molecule has 1 aliphatic rings. The van der Waals surface area contributed by atoms with E-state index in [0.717, 1.165) is 34.3 Å². The first-order valence-corrected chi connectivity index (χ1v) is 14.0. The molecule has 7 nitrogen and oxygen atoms in total. The normalized spacial score (nSPS) is 16.6. The van der Waals surface area contributed by atoms with Gasteiger partial charge in [-0.25, -0.2) is 0 Å². The lowest BCUT2D eigenvalue weighted by Gasteiger charge is -2.33. The summed E-state index contributed by atoms with van der Waals surface area (Å²) in [5.41, 5.74) is -3.24. The Morgan fingerprint density at radius 1 is 0.909 bits per heavy atom. The number of hydrogen-bond donors (Lipinski definition) is 2.